The first-order valence-electron chi connectivity index (χ1n) is 6.99. The summed E-state index contributed by atoms with van der Waals surface area (Å²) in [6, 6.07) is 21.0. The monoisotopic (exact) mass is 263 g/mol. The van der Waals surface area contributed by atoms with Gasteiger partial charge in [0.2, 0.25) is 0 Å². The highest BCUT2D eigenvalue weighted by molar-refractivity contribution is 5.62. The minimum atomic E-state index is 0.973. The molecule has 0 aliphatic carbocycles. The molecule has 0 unspecified atom stereocenters. The van der Waals surface area contributed by atoms with E-state index in [1.165, 1.54) is 11.4 Å². The third-order valence-electron chi connectivity index (χ3n) is 3.30. The largest absolute Gasteiger partial charge is 0.341 e. The van der Waals surface area contributed by atoms with Crippen LogP contribution in [-0.4, -0.2) is 6.54 Å². The number of allylic oxidation sites excluding steroid dienone is 2. The first-order valence-corrected chi connectivity index (χ1v) is 6.99. The molecule has 2 rings (SSSR count). The van der Waals surface area contributed by atoms with Gasteiger partial charge in [0.05, 0.1) is 0 Å². The quantitative estimate of drug-likeness (QED) is 0.609. The van der Waals surface area contributed by atoms with Crippen molar-refractivity contribution in [2.24, 2.45) is 0 Å². The summed E-state index contributed by atoms with van der Waals surface area (Å²) in [5, 5.41) is 0. The van der Waals surface area contributed by atoms with Gasteiger partial charge >= 0.3 is 0 Å². The lowest BCUT2D eigenvalue weighted by molar-refractivity contribution is 0.812. The van der Waals surface area contributed by atoms with Gasteiger partial charge in [-0.1, -0.05) is 61.2 Å². The average Bonchev–Trinajstić information content (AvgIpc) is 2.53. The molecule has 0 heterocycles. The van der Waals surface area contributed by atoms with Crippen molar-refractivity contribution in [3.8, 4) is 0 Å². The van der Waals surface area contributed by atoms with Crippen LogP contribution >= 0.6 is 0 Å². The van der Waals surface area contributed by atoms with E-state index in [-0.39, 0.29) is 0 Å². The minimum Gasteiger partial charge on any atom is -0.341 e. The summed E-state index contributed by atoms with van der Waals surface area (Å²) < 4.78 is 0. The molecular weight excluding hydrogens is 242 g/mol. The molecule has 2 aromatic carbocycles. The van der Waals surface area contributed by atoms with E-state index in [1.54, 1.807) is 0 Å². The van der Waals surface area contributed by atoms with E-state index in [0.29, 0.717) is 0 Å². The van der Waals surface area contributed by atoms with Crippen molar-refractivity contribution in [3.63, 3.8) is 0 Å². The molecule has 0 fully saturated rings. The fourth-order valence-electron chi connectivity index (χ4n) is 2.19. The van der Waals surface area contributed by atoms with Crippen LogP contribution in [0.15, 0.2) is 85.5 Å². The van der Waals surface area contributed by atoms with Crippen molar-refractivity contribution in [1.29, 1.82) is 0 Å². The molecule has 1 heteroatoms. The van der Waals surface area contributed by atoms with E-state index in [4.69, 9.17) is 0 Å². The number of benzene rings is 2. The average molecular weight is 263 g/mol. The Morgan fingerprint density at radius 3 is 1.85 bits per heavy atom. The van der Waals surface area contributed by atoms with E-state index in [1.807, 2.05) is 18.2 Å². The number of hydrogen-bond acceptors (Lipinski definition) is 1. The Balaban J connectivity index is 2.13. The molecule has 0 radical (unpaired) electrons. The highest BCUT2D eigenvalue weighted by atomic mass is 15.1. The Bertz CT molecular complexity index is 503. The molecule has 1 nitrogen and oxygen atoms in total. The van der Waals surface area contributed by atoms with Gasteiger partial charge in [0.1, 0.15) is 0 Å². The molecule has 0 spiro atoms. The minimum absolute atomic E-state index is 0.973. The molecule has 0 saturated heterocycles. The van der Waals surface area contributed by atoms with Crippen LogP contribution in [0.5, 0.6) is 0 Å². The highest BCUT2D eigenvalue weighted by Gasteiger charge is 2.08. The summed E-state index contributed by atoms with van der Waals surface area (Å²) in [7, 11) is 0. The summed E-state index contributed by atoms with van der Waals surface area (Å²) >= 11 is 0. The van der Waals surface area contributed by atoms with E-state index in [2.05, 4.69) is 66.6 Å². The normalized spacial score (nSPS) is 10.0. The van der Waals surface area contributed by atoms with Crippen LogP contribution < -0.4 is 4.90 Å². The summed E-state index contributed by atoms with van der Waals surface area (Å²) in [4.78, 5) is 2.34. The summed E-state index contributed by atoms with van der Waals surface area (Å²) in [5.74, 6) is 0. The molecule has 20 heavy (non-hydrogen) atoms. The number of hydrogen-bond donors (Lipinski definition) is 0. The van der Waals surface area contributed by atoms with Crippen LogP contribution in [0.2, 0.25) is 0 Å². The van der Waals surface area contributed by atoms with Crippen LogP contribution in [0.25, 0.3) is 0 Å². The van der Waals surface area contributed by atoms with Gasteiger partial charge in [0, 0.05) is 17.9 Å². The van der Waals surface area contributed by atoms with Crippen LogP contribution in [-0.2, 0) is 0 Å². The third kappa shape index (κ3) is 3.86. The van der Waals surface area contributed by atoms with Crippen molar-refractivity contribution >= 4 is 11.4 Å². The van der Waals surface area contributed by atoms with E-state index < -0.39 is 0 Å². The van der Waals surface area contributed by atoms with Crippen molar-refractivity contribution in [2.75, 3.05) is 11.4 Å². The Hall–Kier alpha value is -2.28. The molecule has 0 aliphatic rings. The topological polar surface area (TPSA) is 3.24 Å². The van der Waals surface area contributed by atoms with Crippen LogP contribution in [0.4, 0.5) is 11.4 Å². The zero-order chi connectivity index (χ0) is 14.2. The molecule has 0 bridgehead atoms. The standard InChI is InChI=1S/C19H21N/c1-3-17(2)11-10-16-20(18-12-6-4-7-13-18)19-14-8-5-9-15-19/h3-9,12-15H,1-2,10-11,16H2. The van der Waals surface area contributed by atoms with Gasteiger partial charge < -0.3 is 4.90 Å². The zero-order valence-electron chi connectivity index (χ0n) is 11.8. The predicted molar refractivity (Wildman–Crippen MR) is 88.5 cm³/mol. The van der Waals surface area contributed by atoms with Crippen LogP contribution in [0.1, 0.15) is 12.8 Å². The summed E-state index contributed by atoms with van der Waals surface area (Å²) in [6.07, 6.45) is 3.89. The van der Waals surface area contributed by atoms with Crippen molar-refractivity contribution in [1.82, 2.24) is 0 Å². The van der Waals surface area contributed by atoms with E-state index in [9.17, 15) is 0 Å². The molecule has 0 N–H and O–H groups in total. The molecule has 0 aromatic heterocycles. The van der Waals surface area contributed by atoms with Gasteiger partial charge in [-0.2, -0.15) is 0 Å². The number of para-hydroxylation sites is 2. The zero-order valence-corrected chi connectivity index (χ0v) is 11.8. The Kier molecular flexibility index (Phi) is 5.19. The van der Waals surface area contributed by atoms with Gasteiger partial charge in [-0.25, -0.2) is 0 Å². The summed E-state index contributed by atoms with van der Waals surface area (Å²) in [5.41, 5.74) is 3.55. The molecule has 0 amide bonds. The first kappa shape index (κ1) is 14.1. The van der Waals surface area contributed by atoms with Gasteiger partial charge in [-0.3, -0.25) is 0 Å². The molecule has 102 valence electrons. The van der Waals surface area contributed by atoms with Crippen LogP contribution in [0.3, 0.4) is 0 Å². The van der Waals surface area contributed by atoms with Crippen molar-refractivity contribution < 1.29 is 0 Å². The predicted octanol–water partition coefficient (Wildman–Crippen LogP) is 5.35. The van der Waals surface area contributed by atoms with Crippen LogP contribution in [0, 0.1) is 0 Å². The number of rotatable bonds is 7. The van der Waals surface area contributed by atoms with Gasteiger partial charge in [0.25, 0.3) is 0 Å². The Morgan fingerprint density at radius 2 is 1.40 bits per heavy atom. The molecule has 0 saturated carbocycles. The second kappa shape index (κ2) is 7.34. The lowest BCUT2D eigenvalue weighted by Gasteiger charge is -2.25. The van der Waals surface area contributed by atoms with Gasteiger partial charge in [0.15, 0.2) is 0 Å². The second-order valence-electron chi connectivity index (χ2n) is 4.79. The third-order valence-corrected chi connectivity index (χ3v) is 3.30. The molecule has 0 atom stereocenters. The van der Waals surface area contributed by atoms with Crippen molar-refractivity contribution in [3.05, 3.63) is 85.5 Å². The maximum Gasteiger partial charge on any atom is 0.0410 e. The first-order chi connectivity index (χ1) is 9.81. The second-order valence-corrected chi connectivity index (χ2v) is 4.79. The Morgan fingerprint density at radius 1 is 0.900 bits per heavy atom. The fourth-order valence-corrected chi connectivity index (χ4v) is 2.19. The maximum absolute atomic E-state index is 3.98. The smallest absolute Gasteiger partial charge is 0.0410 e. The maximum atomic E-state index is 3.98. The number of nitrogens with zero attached hydrogens (tertiary/aromatic N) is 1. The van der Waals surface area contributed by atoms with Crippen molar-refractivity contribution in [2.45, 2.75) is 12.8 Å². The lowest BCUT2D eigenvalue weighted by Crippen LogP contribution is -2.18. The van der Waals surface area contributed by atoms with E-state index in [0.717, 1.165) is 25.0 Å². The molecular formula is C19H21N. The highest BCUT2D eigenvalue weighted by Crippen LogP contribution is 2.25. The summed E-state index contributed by atoms with van der Waals surface area (Å²) in [6.45, 7) is 8.71. The van der Waals surface area contributed by atoms with Gasteiger partial charge in [-0.15, -0.1) is 0 Å². The van der Waals surface area contributed by atoms with E-state index >= 15 is 0 Å². The number of anilines is 2. The fraction of sp³-hybridized carbons (Fsp3) is 0.158. The lowest BCUT2D eigenvalue weighted by atomic mass is 10.1. The molecule has 0 aliphatic heterocycles. The Labute approximate surface area is 121 Å². The SMILES string of the molecule is C=CC(=C)CCCN(c1ccccc1)c1ccccc1. The van der Waals surface area contributed by atoms with Gasteiger partial charge in [-0.05, 0) is 37.1 Å². The molecule has 2 aromatic rings.